The molecule has 1 atom stereocenters. The molecule has 0 bridgehead atoms. The second-order valence-electron chi connectivity index (χ2n) is 12.9. The highest BCUT2D eigenvalue weighted by Gasteiger charge is 2.51. The first-order chi connectivity index (χ1) is 24.8. The lowest BCUT2D eigenvalue weighted by Gasteiger charge is -2.33. The number of hydrogen-bond acceptors (Lipinski definition) is 8. The van der Waals surface area contributed by atoms with Gasteiger partial charge in [0.2, 0.25) is 11.7 Å². The number of aryl methyl sites for hydroxylation is 2. The van der Waals surface area contributed by atoms with Crippen LogP contribution in [0.5, 0.6) is 0 Å². The van der Waals surface area contributed by atoms with Gasteiger partial charge in [0.1, 0.15) is 21.7 Å². The quantitative estimate of drug-likeness (QED) is 0.0645. The maximum absolute atomic E-state index is 14.9. The van der Waals surface area contributed by atoms with E-state index in [0.29, 0.717) is 34.3 Å². The van der Waals surface area contributed by atoms with Crippen LogP contribution in [0.1, 0.15) is 89.2 Å². The van der Waals surface area contributed by atoms with Crippen molar-refractivity contribution in [1.82, 2.24) is 9.97 Å². The van der Waals surface area contributed by atoms with E-state index in [4.69, 9.17) is 23.2 Å². The summed E-state index contributed by atoms with van der Waals surface area (Å²) in [4.78, 5) is 70.9. The number of aromatic nitrogens is 2. The zero-order valence-corrected chi connectivity index (χ0v) is 30.4. The van der Waals surface area contributed by atoms with Crippen molar-refractivity contribution in [2.24, 2.45) is 0 Å². The van der Waals surface area contributed by atoms with Crippen molar-refractivity contribution >= 4 is 69.3 Å². The number of rotatable bonds is 5. The second-order valence-corrected chi connectivity index (χ2v) is 13.6. The predicted molar refractivity (Wildman–Crippen MR) is 187 cm³/mol. The summed E-state index contributed by atoms with van der Waals surface area (Å²) in [6.45, 7) is 10.7. The fourth-order valence-electron chi connectivity index (χ4n) is 6.15. The third-order valence-corrected chi connectivity index (χ3v) is 9.30. The number of amides is 2. The van der Waals surface area contributed by atoms with E-state index in [1.54, 1.807) is 40.0 Å². The van der Waals surface area contributed by atoms with Crippen molar-refractivity contribution in [3.63, 3.8) is 0 Å². The summed E-state index contributed by atoms with van der Waals surface area (Å²) >= 11 is 11.3. The maximum Gasteiger partial charge on any atom is 0.352 e. The van der Waals surface area contributed by atoms with E-state index in [2.05, 4.69) is 9.97 Å². The number of pyridine rings is 2. The van der Waals surface area contributed by atoms with Gasteiger partial charge in [-0.15, -0.1) is 0 Å². The number of anilines is 4. The lowest BCUT2D eigenvalue weighted by molar-refractivity contribution is -0.491. The SMILES string of the molecule is Cc1ccnc(C(C)C)c1N1C(=O)C([N+](=O)[O-])C(=O)c2cc(F)c(Cl)c(F)c21.Cc1ccnc(C(C)C)c1N1C(=O)CC(=O)c2cc(F)c(Cl)c(F)c21. The molecule has 4 heterocycles. The van der Waals surface area contributed by atoms with Crippen LogP contribution in [0.25, 0.3) is 0 Å². The molecule has 17 heteroatoms. The van der Waals surface area contributed by atoms with Gasteiger partial charge in [0.25, 0.3) is 0 Å². The molecule has 0 N–H and O–H groups in total. The van der Waals surface area contributed by atoms with Gasteiger partial charge in [-0.1, -0.05) is 50.9 Å². The van der Waals surface area contributed by atoms with Gasteiger partial charge in [-0.2, -0.15) is 0 Å². The van der Waals surface area contributed by atoms with Gasteiger partial charge in [0, 0.05) is 22.9 Å². The van der Waals surface area contributed by atoms with Crippen LogP contribution in [-0.4, -0.2) is 44.3 Å². The molecule has 11 nitrogen and oxygen atoms in total. The van der Waals surface area contributed by atoms with Crippen LogP contribution in [0.3, 0.4) is 0 Å². The Morgan fingerprint density at radius 2 is 1.19 bits per heavy atom. The molecular formula is C36H29Cl2F4N5O6. The van der Waals surface area contributed by atoms with Crippen molar-refractivity contribution in [3.8, 4) is 0 Å². The summed E-state index contributed by atoms with van der Waals surface area (Å²) in [7, 11) is 0. The van der Waals surface area contributed by atoms with Gasteiger partial charge in [0.05, 0.1) is 46.1 Å². The fourth-order valence-corrected chi connectivity index (χ4v) is 6.44. The third kappa shape index (κ3) is 6.63. The Hall–Kier alpha value is -5.28. The first-order valence-electron chi connectivity index (χ1n) is 15.9. The third-order valence-electron chi connectivity index (χ3n) is 8.61. The highest BCUT2D eigenvalue weighted by Crippen LogP contribution is 2.45. The second kappa shape index (κ2) is 14.6. The molecule has 1 unspecified atom stereocenters. The predicted octanol–water partition coefficient (Wildman–Crippen LogP) is 8.65. The topological polar surface area (TPSA) is 144 Å². The molecule has 6 rings (SSSR count). The molecule has 0 spiro atoms. The first-order valence-corrected chi connectivity index (χ1v) is 16.7. The van der Waals surface area contributed by atoms with Gasteiger partial charge in [-0.3, -0.25) is 49.1 Å². The standard InChI is InChI=1S/C18H14ClF2N3O4.C18H15ClF2N2O2/c1-7(2)13-14(8(3)4-5-22-13)23-15-9(6-10(20)11(19)12(15)21)17(25)16(18(23)26)24(27)28;1-8(2)16-17(9(3)4-5-22-16)23-13(25)7-12(24)10-6-11(20)14(19)15(21)18(10)23/h4-7,16H,1-3H3;4-6,8H,7H2,1-3H3. The average Bonchev–Trinajstić information content (AvgIpc) is 3.08. The zero-order valence-electron chi connectivity index (χ0n) is 28.9. The number of carbonyl (C=O) groups is 4. The van der Waals surface area contributed by atoms with Crippen LogP contribution >= 0.6 is 23.2 Å². The van der Waals surface area contributed by atoms with Crippen molar-refractivity contribution < 1.29 is 41.7 Å². The number of hydrogen-bond donors (Lipinski definition) is 0. The van der Waals surface area contributed by atoms with E-state index < -0.39 is 85.3 Å². The Balaban J connectivity index is 0.000000206. The Bertz CT molecular complexity index is 2270. The smallest absolute Gasteiger partial charge is 0.294 e. The number of carbonyl (C=O) groups excluding carboxylic acids is 4. The molecule has 0 aliphatic carbocycles. The fraction of sp³-hybridized carbons (Fsp3) is 0.278. The summed E-state index contributed by atoms with van der Waals surface area (Å²) in [5.41, 5.74) is 0.840. The number of benzene rings is 2. The molecule has 2 aromatic heterocycles. The first kappa shape index (κ1) is 38.9. The molecule has 0 radical (unpaired) electrons. The molecule has 4 aromatic rings. The molecule has 2 aromatic carbocycles. The van der Waals surface area contributed by atoms with Crippen molar-refractivity contribution in [3.05, 3.63) is 114 Å². The monoisotopic (exact) mass is 773 g/mol. The molecule has 0 saturated carbocycles. The normalized spacial score (nSPS) is 15.5. The van der Waals surface area contributed by atoms with Crippen LogP contribution in [-0.2, 0) is 9.59 Å². The lowest BCUT2D eigenvalue weighted by Crippen LogP contribution is -2.50. The molecular weight excluding hydrogens is 745 g/mol. The molecule has 0 saturated heterocycles. The minimum Gasteiger partial charge on any atom is -0.294 e. The van der Waals surface area contributed by atoms with Gasteiger partial charge in [-0.25, -0.2) is 17.6 Å². The minimum absolute atomic E-state index is 0.0530. The van der Waals surface area contributed by atoms with Gasteiger partial charge >= 0.3 is 11.9 Å². The summed E-state index contributed by atoms with van der Waals surface area (Å²) in [5, 5.41) is 9.74. The van der Waals surface area contributed by atoms with Gasteiger partial charge in [-0.05, 0) is 61.1 Å². The number of nitro groups is 1. The van der Waals surface area contributed by atoms with Crippen LogP contribution in [0, 0.1) is 47.2 Å². The molecule has 276 valence electrons. The highest BCUT2D eigenvalue weighted by atomic mass is 35.5. The van der Waals surface area contributed by atoms with E-state index in [-0.39, 0.29) is 28.8 Å². The van der Waals surface area contributed by atoms with Crippen LogP contribution in [0.2, 0.25) is 10.0 Å². The van der Waals surface area contributed by atoms with Crippen LogP contribution in [0.4, 0.5) is 40.3 Å². The Kier molecular flexibility index (Phi) is 10.7. The number of Topliss-reactive ketones (excluding diaryl/α,β-unsaturated/α-hetero) is 2. The number of fused-ring (bicyclic) bond motifs is 2. The molecule has 2 aliphatic heterocycles. The van der Waals surface area contributed by atoms with Crippen LogP contribution in [0.15, 0.2) is 36.7 Å². The highest BCUT2D eigenvalue weighted by molar-refractivity contribution is 6.33. The van der Waals surface area contributed by atoms with E-state index in [1.807, 2.05) is 13.8 Å². The summed E-state index contributed by atoms with van der Waals surface area (Å²) in [5.74, 6) is -8.86. The number of ketones is 2. The molecule has 0 fully saturated rings. The van der Waals surface area contributed by atoms with E-state index in [9.17, 15) is 46.9 Å². The lowest BCUT2D eigenvalue weighted by atomic mass is 9.93. The van der Waals surface area contributed by atoms with E-state index in [1.165, 1.54) is 12.3 Å². The Morgan fingerprint density at radius 3 is 1.64 bits per heavy atom. The summed E-state index contributed by atoms with van der Waals surface area (Å²) in [6, 6.07) is 2.39. The van der Waals surface area contributed by atoms with Gasteiger partial charge < -0.3 is 0 Å². The van der Waals surface area contributed by atoms with E-state index >= 15 is 0 Å². The molecule has 53 heavy (non-hydrogen) atoms. The van der Waals surface area contributed by atoms with Crippen molar-refractivity contribution in [1.29, 1.82) is 0 Å². The average molecular weight is 775 g/mol. The van der Waals surface area contributed by atoms with Crippen molar-refractivity contribution in [2.75, 3.05) is 9.80 Å². The summed E-state index contributed by atoms with van der Waals surface area (Å²) < 4.78 is 57.5. The van der Waals surface area contributed by atoms with Gasteiger partial charge in [0.15, 0.2) is 17.4 Å². The van der Waals surface area contributed by atoms with Crippen LogP contribution < -0.4 is 9.80 Å². The Labute approximate surface area is 309 Å². The Morgan fingerprint density at radius 1 is 0.755 bits per heavy atom. The van der Waals surface area contributed by atoms with E-state index in [0.717, 1.165) is 15.9 Å². The molecule has 2 aliphatic rings. The summed E-state index contributed by atoms with van der Waals surface area (Å²) in [6.07, 6.45) is 2.61. The molecule has 2 amide bonds. The number of halogens is 6. The van der Waals surface area contributed by atoms with Crippen molar-refractivity contribution in [2.45, 2.75) is 65.8 Å². The zero-order chi connectivity index (χ0) is 39.4. The largest absolute Gasteiger partial charge is 0.352 e. The minimum atomic E-state index is -2.33. The number of nitrogens with zero attached hydrogens (tertiary/aromatic N) is 5. The maximum atomic E-state index is 14.9.